The summed E-state index contributed by atoms with van der Waals surface area (Å²) >= 11 is 0. The molecule has 0 radical (unpaired) electrons. The van der Waals surface area contributed by atoms with Gasteiger partial charge in [0.25, 0.3) is 5.91 Å². The van der Waals surface area contributed by atoms with E-state index in [0.717, 1.165) is 12.1 Å². The van der Waals surface area contributed by atoms with Crippen LogP contribution in [0.5, 0.6) is 5.75 Å². The quantitative estimate of drug-likeness (QED) is 0.456. The number of methoxy groups -OCH3 is 1. The molecule has 0 aromatic heterocycles. The Balaban J connectivity index is 1.74. The van der Waals surface area contributed by atoms with Gasteiger partial charge in [0, 0.05) is 19.0 Å². The smallest absolute Gasteiger partial charge is 0.337 e. The fourth-order valence-electron chi connectivity index (χ4n) is 2.16. The van der Waals surface area contributed by atoms with Crippen molar-refractivity contribution < 1.29 is 32.6 Å². The van der Waals surface area contributed by atoms with Crippen LogP contribution < -0.4 is 10.1 Å². The van der Waals surface area contributed by atoms with Gasteiger partial charge < -0.3 is 14.8 Å². The van der Waals surface area contributed by atoms with Crippen molar-refractivity contribution in [3.05, 3.63) is 65.2 Å². The molecule has 0 saturated carbocycles. The second-order valence-corrected chi connectivity index (χ2v) is 5.47. The zero-order valence-electron chi connectivity index (χ0n) is 14.5. The molecule has 2 aromatic rings. The van der Waals surface area contributed by atoms with Gasteiger partial charge in [-0.05, 0) is 42.8 Å². The van der Waals surface area contributed by atoms with E-state index in [1.54, 1.807) is 0 Å². The summed E-state index contributed by atoms with van der Waals surface area (Å²) in [6, 6.07) is 8.51. The maximum atomic E-state index is 13.5. The fraction of sp³-hybridized carbons (Fsp3) is 0.211. The van der Waals surface area contributed by atoms with Crippen LogP contribution in [-0.4, -0.2) is 31.5 Å². The normalized spacial score (nSPS) is 10.2. The van der Waals surface area contributed by atoms with Crippen LogP contribution >= 0.6 is 0 Å². The van der Waals surface area contributed by atoms with Gasteiger partial charge in [-0.25, -0.2) is 13.6 Å². The van der Waals surface area contributed by atoms with E-state index < -0.39 is 29.5 Å². The number of carbonyl (C=O) groups is 3. The molecule has 6 nitrogen and oxygen atoms in total. The lowest BCUT2D eigenvalue weighted by atomic mass is 10.2. The largest absolute Gasteiger partial charge is 0.465 e. The summed E-state index contributed by atoms with van der Waals surface area (Å²) in [7, 11) is 1.26. The Bertz CT molecular complexity index is 836. The fourth-order valence-corrected chi connectivity index (χ4v) is 2.16. The third-order valence-corrected chi connectivity index (χ3v) is 3.53. The van der Waals surface area contributed by atoms with E-state index in [1.807, 2.05) is 0 Å². The summed E-state index contributed by atoms with van der Waals surface area (Å²) in [6.45, 7) is 0.117. The number of ether oxygens (including phenoxy) is 2. The summed E-state index contributed by atoms with van der Waals surface area (Å²) in [4.78, 5) is 34.9. The number of carbonyl (C=O) groups excluding carboxylic acids is 3. The Morgan fingerprint density at radius 2 is 1.74 bits per heavy atom. The first-order chi connectivity index (χ1) is 12.9. The first kappa shape index (κ1) is 20.0. The van der Waals surface area contributed by atoms with E-state index in [1.165, 1.54) is 31.4 Å². The summed E-state index contributed by atoms with van der Waals surface area (Å²) in [5, 5.41) is 2.44. The molecule has 8 heteroatoms. The molecule has 0 aliphatic heterocycles. The highest BCUT2D eigenvalue weighted by Crippen LogP contribution is 2.14. The zero-order valence-corrected chi connectivity index (χ0v) is 14.5. The molecule has 1 amide bonds. The van der Waals surface area contributed by atoms with Gasteiger partial charge in [-0.3, -0.25) is 9.59 Å². The van der Waals surface area contributed by atoms with Crippen LogP contribution in [0.25, 0.3) is 0 Å². The SMILES string of the molecule is COC(=O)c1ccc(OC(=O)CCCNC(=O)c2ccc(F)cc2F)cc1. The van der Waals surface area contributed by atoms with E-state index in [9.17, 15) is 23.2 Å². The van der Waals surface area contributed by atoms with Crippen molar-refractivity contribution in [2.75, 3.05) is 13.7 Å². The number of hydrogen-bond acceptors (Lipinski definition) is 5. The van der Waals surface area contributed by atoms with E-state index in [-0.39, 0.29) is 30.7 Å². The predicted octanol–water partition coefficient (Wildman–Crippen LogP) is 2.87. The second-order valence-electron chi connectivity index (χ2n) is 5.47. The minimum Gasteiger partial charge on any atom is -0.465 e. The van der Waals surface area contributed by atoms with Crippen molar-refractivity contribution in [3.63, 3.8) is 0 Å². The van der Waals surface area contributed by atoms with E-state index in [2.05, 4.69) is 10.1 Å². The Morgan fingerprint density at radius 1 is 1.04 bits per heavy atom. The van der Waals surface area contributed by atoms with Crippen molar-refractivity contribution in [2.45, 2.75) is 12.8 Å². The van der Waals surface area contributed by atoms with Gasteiger partial charge in [0.05, 0.1) is 18.2 Å². The van der Waals surface area contributed by atoms with E-state index in [0.29, 0.717) is 11.6 Å². The summed E-state index contributed by atoms with van der Waals surface area (Å²) in [5.41, 5.74) is 0.0534. The molecule has 142 valence electrons. The molecule has 0 heterocycles. The first-order valence-electron chi connectivity index (χ1n) is 8.03. The van der Waals surface area contributed by atoms with Crippen LogP contribution in [0, 0.1) is 11.6 Å². The molecule has 0 atom stereocenters. The molecule has 1 N–H and O–H groups in total. The van der Waals surface area contributed by atoms with Gasteiger partial charge in [0.1, 0.15) is 17.4 Å². The lowest BCUT2D eigenvalue weighted by Gasteiger charge is -2.07. The van der Waals surface area contributed by atoms with Crippen LogP contribution in [-0.2, 0) is 9.53 Å². The lowest BCUT2D eigenvalue weighted by molar-refractivity contribution is -0.134. The predicted molar refractivity (Wildman–Crippen MR) is 91.3 cm³/mol. The van der Waals surface area contributed by atoms with Crippen LogP contribution in [0.1, 0.15) is 33.6 Å². The molecule has 0 unspecified atom stereocenters. The molecular weight excluding hydrogens is 360 g/mol. The summed E-state index contributed by atoms with van der Waals surface area (Å²) in [6.07, 6.45) is 0.290. The van der Waals surface area contributed by atoms with Gasteiger partial charge in [0.15, 0.2) is 0 Å². The Labute approximate surface area is 154 Å². The Morgan fingerprint density at radius 3 is 2.37 bits per heavy atom. The van der Waals surface area contributed by atoms with E-state index >= 15 is 0 Å². The summed E-state index contributed by atoms with van der Waals surface area (Å²) < 4.78 is 36.0. The molecule has 27 heavy (non-hydrogen) atoms. The Hall–Kier alpha value is -3.29. The molecule has 0 saturated heterocycles. The number of esters is 2. The molecule has 0 bridgehead atoms. The minimum atomic E-state index is -0.956. The highest BCUT2D eigenvalue weighted by molar-refractivity contribution is 5.94. The molecule has 0 aliphatic rings. The maximum Gasteiger partial charge on any atom is 0.337 e. The topological polar surface area (TPSA) is 81.7 Å². The zero-order chi connectivity index (χ0) is 19.8. The van der Waals surface area contributed by atoms with Crippen molar-refractivity contribution in [1.29, 1.82) is 0 Å². The number of hydrogen-bond donors (Lipinski definition) is 1. The monoisotopic (exact) mass is 377 g/mol. The number of nitrogens with one attached hydrogen (secondary N) is 1. The highest BCUT2D eigenvalue weighted by Gasteiger charge is 2.12. The van der Waals surface area contributed by atoms with Crippen LogP contribution in [0.4, 0.5) is 8.78 Å². The standard InChI is InChI=1S/C19H17F2NO5/c1-26-19(25)12-4-7-14(8-5-12)27-17(23)3-2-10-22-18(24)15-9-6-13(20)11-16(15)21/h4-9,11H,2-3,10H2,1H3,(H,22,24). The van der Waals surface area contributed by atoms with Crippen molar-refractivity contribution >= 4 is 17.8 Å². The molecule has 2 rings (SSSR count). The molecule has 0 aliphatic carbocycles. The average Bonchev–Trinajstić information content (AvgIpc) is 2.65. The van der Waals surface area contributed by atoms with Crippen LogP contribution in [0.3, 0.4) is 0 Å². The highest BCUT2D eigenvalue weighted by atomic mass is 19.1. The number of halogens is 2. The number of benzene rings is 2. The third kappa shape index (κ3) is 5.88. The minimum absolute atomic E-state index is 0.0188. The maximum absolute atomic E-state index is 13.5. The molecular formula is C19H17F2NO5. The van der Waals surface area contributed by atoms with Gasteiger partial charge in [0.2, 0.25) is 0 Å². The van der Waals surface area contributed by atoms with Gasteiger partial charge >= 0.3 is 11.9 Å². The van der Waals surface area contributed by atoms with Crippen molar-refractivity contribution in [1.82, 2.24) is 5.32 Å². The number of rotatable bonds is 7. The molecule has 2 aromatic carbocycles. The first-order valence-corrected chi connectivity index (χ1v) is 8.03. The second kappa shape index (κ2) is 9.42. The lowest BCUT2D eigenvalue weighted by Crippen LogP contribution is -2.26. The van der Waals surface area contributed by atoms with Crippen molar-refractivity contribution in [3.8, 4) is 5.75 Å². The summed E-state index contributed by atoms with van der Waals surface area (Å²) in [5.74, 6) is -3.18. The number of amides is 1. The third-order valence-electron chi connectivity index (χ3n) is 3.53. The molecule has 0 fully saturated rings. The van der Waals surface area contributed by atoms with Gasteiger partial charge in [-0.1, -0.05) is 0 Å². The van der Waals surface area contributed by atoms with Gasteiger partial charge in [-0.2, -0.15) is 0 Å². The van der Waals surface area contributed by atoms with E-state index in [4.69, 9.17) is 4.74 Å². The van der Waals surface area contributed by atoms with Crippen molar-refractivity contribution in [2.24, 2.45) is 0 Å². The Kier molecular flexibility index (Phi) is 6.99. The average molecular weight is 377 g/mol. The van der Waals surface area contributed by atoms with Crippen LogP contribution in [0.15, 0.2) is 42.5 Å². The van der Waals surface area contributed by atoms with Crippen LogP contribution in [0.2, 0.25) is 0 Å². The molecule has 0 spiro atoms. The van der Waals surface area contributed by atoms with Gasteiger partial charge in [-0.15, -0.1) is 0 Å².